The number of benzene rings is 2. The molecule has 1 amide bonds. The summed E-state index contributed by atoms with van der Waals surface area (Å²) in [6.45, 7) is 0.986. The van der Waals surface area contributed by atoms with Crippen LogP contribution in [0.5, 0.6) is 0 Å². The molecule has 2 aromatic carbocycles. The van der Waals surface area contributed by atoms with Crippen LogP contribution in [0.4, 0.5) is 5.69 Å². The van der Waals surface area contributed by atoms with E-state index in [4.69, 9.17) is 4.74 Å². The molecule has 0 atom stereocenters. The fourth-order valence-electron chi connectivity index (χ4n) is 2.80. The molecule has 0 aliphatic heterocycles. The summed E-state index contributed by atoms with van der Waals surface area (Å²) in [6.07, 6.45) is 1.68. The summed E-state index contributed by atoms with van der Waals surface area (Å²) >= 11 is 0. The van der Waals surface area contributed by atoms with Crippen LogP contribution in [0.1, 0.15) is 27.6 Å². The number of ether oxygens (including phenoxy) is 1. The minimum Gasteiger partial charge on any atom is -0.452 e. The topological polar surface area (TPSA) is 77.4 Å². The van der Waals surface area contributed by atoms with Crippen molar-refractivity contribution in [3.8, 4) is 0 Å². The first kappa shape index (κ1) is 17.4. The summed E-state index contributed by atoms with van der Waals surface area (Å²) in [4.78, 5) is 36.0. The molecule has 26 heavy (non-hydrogen) atoms. The molecule has 0 radical (unpaired) electrons. The van der Waals surface area contributed by atoms with Gasteiger partial charge in [-0.2, -0.15) is 0 Å². The van der Waals surface area contributed by atoms with E-state index < -0.39 is 18.5 Å². The Labute approximate surface area is 150 Å². The van der Waals surface area contributed by atoms with E-state index >= 15 is 0 Å². The highest BCUT2D eigenvalue weighted by molar-refractivity contribution is 6.06. The number of amides is 1. The first-order valence-electron chi connectivity index (χ1n) is 8.08. The Bertz CT molecular complexity index is 1000. The summed E-state index contributed by atoms with van der Waals surface area (Å²) in [7, 11) is 1.84. The minimum absolute atomic E-state index is 0.159. The third-order valence-electron chi connectivity index (χ3n) is 4.03. The smallest absolute Gasteiger partial charge is 0.340 e. The number of aryl methyl sites for hydroxylation is 1. The van der Waals surface area contributed by atoms with Crippen LogP contribution < -0.4 is 5.32 Å². The van der Waals surface area contributed by atoms with Gasteiger partial charge in [0.05, 0.1) is 11.3 Å². The fraction of sp³-hybridized carbons (Fsp3) is 0.150. The molecular formula is C20H18N2O4. The van der Waals surface area contributed by atoms with Crippen molar-refractivity contribution in [2.75, 3.05) is 11.9 Å². The summed E-state index contributed by atoms with van der Waals surface area (Å²) < 4.78 is 6.96. The maximum atomic E-state index is 12.3. The average molecular weight is 350 g/mol. The minimum atomic E-state index is -0.572. The van der Waals surface area contributed by atoms with Gasteiger partial charge in [-0.15, -0.1) is 0 Å². The summed E-state index contributed by atoms with van der Waals surface area (Å²) in [6, 6.07) is 14.1. The Morgan fingerprint density at radius 1 is 1.00 bits per heavy atom. The number of esters is 1. The van der Waals surface area contributed by atoms with Gasteiger partial charge in [0.2, 0.25) is 0 Å². The number of anilines is 1. The third kappa shape index (κ3) is 3.49. The van der Waals surface area contributed by atoms with Crippen molar-refractivity contribution in [3.05, 3.63) is 65.9 Å². The van der Waals surface area contributed by atoms with Crippen LogP contribution >= 0.6 is 0 Å². The Morgan fingerprint density at radius 2 is 1.69 bits per heavy atom. The monoisotopic (exact) mass is 350 g/mol. The molecule has 6 nitrogen and oxygen atoms in total. The van der Waals surface area contributed by atoms with Crippen LogP contribution in [0.3, 0.4) is 0 Å². The van der Waals surface area contributed by atoms with Crippen LogP contribution in [-0.4, -0.2) is 28.8 Å². The lowest BCUT2D eigenvalue weighted by atomic mass is 10.1. The number of carbonyl (C=O) groups excluding carboxylic acids is 3. The lowest BCUT2D eigenvalue weighted by Gasteiger charge is -2.09. The number of para-hydroxylation sites is 2. The van der Waals surface area contributed by atoms with E-state index in [0.717, 1.165) is 10.9 Å². The Balaban J connectivity index is 1.68. The van der Waals surface area contributed by atoms with Gasteiger partial charge < -0.3 is 14.6 Å². The number of carbonyl (C=O) groups is 3. The lowest BCUT2D eigenvalue weighted by molar-refractivity contribution is -0.119. The van der Waals surface area contributed by atoms with Gasteiger partial charge in [-0.1, -0.05) is 30.3 Å². The number of ketones is 1. The Morgan fingerprint density at radius 3 is 2.46 bits per heavy atom. The first-order chi connectivity index (χ1) is 12.5. The van der Waals surface area contributed by atoms with Crippen molar-refractivity contribution >= 4 is 34.3 Å². The van der Waals surface area contributed by atoms with E-state index in [1.165, 1.54) is 6.92 Å². The van der Waals surface area contributed by atoms with Gasteiger partial charge in [-0.05, 0) is 25.1 Å². The molecular weight excluding hydrogens is 332 g/mol. The maximum Gasteiger partial charge on any atom is 0.340 e. The van der Waals surface area contributed by atoms with Crippen LogP contribution in [0.15, 0.2) is 54.7 Å². The van der Waals surface area contributed by atoms with Crippen LogP contribution in [0.25, 0.3) is 10.9 Å². The van der Waals surface area contributed by atoms with Crippen molar-refractivity contribution in [2.24, 2.45) is 7.05 Å². The predicted octanol–water partition coefficient (Wildman–Crippen LogP) is 3.18. The molecule has 0 saturated heterocycles. The van der Waals surface area contributed by atoms with Crippen molar-refractivity contribution in [2.45, 2.75) is 6.92 Å². The van der Waals surface area contributed by atoms with Gasteiger partial charge in [0.25, 0.3) is 5.91 Å². The van der Waals surface area contributed by atoms with E-state index in [-0.39, 0.29) is 5.78 Å². The summed E-state index contributed by atoms with van der Waals surface area (Å²) in [5.74, 6) is -1.24. The second kappa shape index (κ2) is 7.23. The molecule has 0 aliphatic carbocycles. The Kier molecular flexibility index (Phi) is 4.84. The van der Waals surface area contributed by atoms with Crippen molar-refractivity contribution in [1.82, 2.24) is 4.57 Å². The molecule has 6 heteroatoms. The lowest BCUT2D eigenvalue weighted by Crippen LogP contribution is -2.21. The summed E-state index contributed by atoms with van der Waals surface area (Å²) in [5, 5.41) is 3.36. The standard InChI is InChI=1S/C20H18N2O4/c1-13(23)14-7-3-5-9-17(14)21-19(24)12-26-20(25)16-11-22(2)18-10-6-4-8-15(16)18/h3-11H,12H2,1-2H3,(H,21,24). The molecule has 1 heterocycles. The molecule has 0 saturated carbocycles. The first-order valence-corrected chi connectivity index (χ1v) is 8.08. The zero-order valence-electron chi connectivity index (χ0n) is 14.5. The van der Waals surface area contributed by atoms with E-state index in [9.17, 15) is 14.4 Å². The van der Waals surface area contributed by atoms with E-state index in [1.54, 1.807) is 30.5 Å². The molecule has 3 aromatic rings. The third-order valence-corrected chi connectivity index (χ3v) is 4.03. The second-order valence-corrected chi connectivity index (χ2v) is 5.90. The van der Waals surface area contributed by atoms with Crippen LogP contribution in [-0.2, 0) is 16.6 Å². The van der Waals surface area contributed by atoms with Crippen molar-refractivity contribution in [1.29, 1.82) is 0 Å². The van der Waals surface area contributed by atoms with Crippen molar-refractivity contribution in [3.63, 3.8) is 0 Å². The van der Waals surface area contributed by atoms with Gasteiger partial charge in [0.15, 0.2) is 12.4 Å². The van der Waals surface area contributed by atoms with E-state index in [1.807, 2.05) is 35.9 Å². The number of nitrogens with one attached hydrogen (secondary N) is 1. The summed E-state index contributed by atoms with van der Waals surface area (Å²) in [5.41, 5.74) is 2.10. The number of nitrogens with zero attached hydrogens (tertiary/aromatic N) is 1. The maximum absolute atomic E-state index is 12.3. The highest BCUT2D eigenvalue weighted by atomic mass is 16.5. The van der Waals surface area contributed by atoms with E-state index in [0.29, 0.717) is 16.8 Å². The number of aromatic nitrogens is 1. The molecule has 1 N–H and O–H groups in total. The average Bonchev–Trinajstić information content (AvgIpc) is 2.97. The van der Waals surface area contributed by atoms with E-state index in [2.05, 4.69) is 5.32 Å². The molecule has 1 aromatic heterocycles. The molecule has 0 spiro atoms. The molecule has 0 bridgehead atoms. The van der Waals surface area contributed by atoms with Gasteiger partial charge in [0.1, 0.15) is 0 Å². The molecule has 3 rings (SSSR count). The Hall–Kier alpha value is -3.41. The fourth-order valence-corrected chi connectivity index (χ4v) is 2.80. The highest BCUT2D eigenvalue weighted by Crippen LogP contribution is 2.21. The van der Waals surface area contributed by atoms with Crippen LogP contribution in [0, 0.1) is 0 Å². The second-order valence-electron chi connectivity index (χ2n) is 5.90. The predicted molar refractivity (Wildman–Crippen MR) is 98.3 cm³/mol. The van der Waals surface area contributed by atoms with Gasteiger partial charge in [0, 0.05) is 29.7 Å². The van der Waals surface area contributed by atoms with Gasteiger partial charge >= 0.3 is 5.97 Å². The quantitative estimate of drug-likeness (QED) is 0.566. The number of hydrogen-bond donors (Lipinski definition) is 1. The van der Waals surface area contributed by atoms with Crippen LogP contribution in [0.2, 0.25) is 0 Å². The SMILES string of the molecule is CC(=O)c1ccccc1NC(=O)COC(=O)c1cn(C)c2ccccc12. The number of hydrogen-bond acceptors (Lipinski definition) is 4. The van der Waals surface area contributed by atoms with Gasteiger partial charge in [-0.3, -0.25) is 9.59 Å². The number of Topliss-reactive ketones (excluding diaryl/α,β-unsaturated/α-hetero) is 1. The number of rotatable bonds is 5. The zero-order valence-corrected chi connectivity index (χ0v) is 14.5. The number of fused-ring (bicyclic) bond motifs is 1. The van der Waals surface area contributed by atoms with Gasteiger partial charge in [-0.25, -0.2) is 4.79 Å². The highest BCUT2D eigenvalue weighted by Gasteiger charge is 2.17. The van der Waals surface area contributed by atoms with Crippen molar-refractivity contribution < 1.29 is 19.1 Å². The largest absolute Gasteiger partial charge is 0.452 e. The molecule has 0 aliphatic rings. The molecule has 132 valence electrons. The normalized spacial score (nSPS) is 10.5. The zero-order chi connectivity index (χ0) is 18.7. The molecule has 0 unspecified atom stereocenters. The molecule has 0 fully saturated rings.